The monoisotopic (exact) mass is 898 g/mol. The van der Waals surface area contributed by atoms with Crippen molar-refractivity contribution in [1.29, 1.82) is 0 Å². The van der Waals surface area contributed by atoms with Crippen LogP contribution in [0.1, 0.15) is 64.4 Å². The molecular weight excluding hydrogens is 841 g/mol. The van der Waals surface area contributed by atoms with Crippen molar-refractivity contribution >= 4 is 66.5 Å². The number of phenolic OH excluding ortho intramolecular Hbond substituents is 2. The summed E-state index contributed by atoms with van der Waals surface area (Å²) < 4.78 is 24.4. The lowest BCUT2D eigenvalue weighted by Gasteiger charge is -2.38. The number of Topliss-reactive ketones (excluding diaryl/α,β-unsaturated/α-hetero) is 1. The van der Waals surface area contributed by atoms with Crippen molar-refractivity contribution in [1.82, 2.24) is 4.98 Å². The molecule has 4 bridgehead atoms. The first-order chi connectivity index (χ1) is 30.4. The number of rotatable bonds is 4. The third-order valence-electron chi connectivity index (χ3n) is 13.0. The molecule has 7 rings (SSSR count). The Bertz CT molecular complexity index is 2530. The number of aromatic hydroxyl groups is 2. The second-order valence-corrected chi connectivity index (χ2v) is 18.3. The summed E-state index contributed by atoms with van der Waals surface area (Å²) in [6.07, 6.45) is 3.96. The van der Waals surface area contributed by atoms with E-state index >= 15 is 0 Å². The van der Waals surface area contributed by atoms with Gasteiger partial charge in [0.1, 0.15) is 23.3 Å². The normalized spacial score (nSPS) is 30.1. The Morgan fingerprint density at radius 1 is 0.922 bits per heavy atom. The van der Waals surface area contributed by atoms with Crippen LogP contribution in [0.3, 0.4) is 0 Å². The van der Waals surface area contributed by atoms with Crippen LogP contribution < -0.4 is 19.9 Å². The van der Waals surface area contributed by atoms with E-state index < -0.39 is 77.3 Å². The van der Waals surface area contributed by atoms with Gasteiger partial charge in [0.25, 0.3) is 11.7 Å². The molecule has 0 radical (unpaired) electrons. The van der Waals surface area contributed by atoms with E-state index in [1.54, 1.807) is 65.8 Å². The maximum absolute atomic E-state index is 14.8. The average molecular weight is 899 g/mol. The highest BCUT2D eigenvalue weighted by atomic mass is 32.1. The third-order valence-corrected chi connectivity index (χ3v) is 14.2. The number of methoxy groups -OCH3 is 1. The number of hydrogen-bond acceptors (Lipinski definition) is 15. The van der Waals surface area contributed by atoms with Crippen LogP contribution in [0.5, 0.6) is 17.2 Å². The summed E-state index contributed by atoms with van der Waals surface area (Å²) in [6.45, 7) is 15.5. The number of aliphatic hydroxyl groups excluding tert-OH is 2. The van der Waals surface area contributed by atoms with Gasteiger partial charge < -0.3 is 54.5 Å². The zero-order valence-electron chi connectivity index (χ0n) is 37.6. The number of anilines is 3. The van der Waals surface area contributed by atoms with Crippen LogP contribution >= 0.6 is 11.3 Å². The number of hydrogen-bond donors (Lipinski definition) is 5. The maximum atomic E-state index is 14.8. The Balaban J connectivity index is 1.37. The first-order valence-electron chi connectivity index (χ1n) is 21.6. The SMILES string of the molecule is CO[C@H]1/C=C/O[C@@]2(C)Oc3c(C)c(O)c4c(O)c(c5sc(N6CCN(c7ccccc7)CC6)nc5c4c3C2=O)NC(=O)/C(C)=C\C=C\[C@@H](C)[C@H](O)[C@@H](C)[C@H](O)[C@@H](C)[C@@H](OC(C)=O)[C@@H]1C. The number of benzene rings is 3. The van der Waals surface area contributed by atoms with Crippen molar-refractivity contribution in [2.75, 3.05) is 48.4 Å². The molecule has 0 saturated carbocycles. The Morgan fingerprint density at radius 3 is 2.25 bits per heavy atom. The average Bonchev–Trinajstić information content (AvgIpc) is 3.84. The summed E-state index contributed by atoms with van der Waals surface area (Å²) in [7, 11) is 1.47. The fraction of sp³-hybridized carbons (Fsp3) is 0.458. The molecule has 1 saturated heterocycles. The number of nitrogens with one attached hydrogen (secondary N) is 1. The van der Waals surface area contributed by atoms with Crippen LogP contribution in [0.2, 0.25) is 0 Å². The second kappa shape index (κ2) is 18.4. The lowest BCUT2D eigenvalue weighted by molar-refractivity contribution is -0.160. The molecule has 1 fully saturated rings. The number of aromatic nitrogens is 1. The molecule has 9 atom stereocenters. The van der Waals surface area contributed by atoms with Crippen LogP contribution in [0.15, 0.2) is 66.5 Å². The molecule has 16 heteroatoms. The van der Waals surface area contributed by atoms with E-state index in [4.69, 9.17) is 23.9 Å². The number of carbonyl (C=O) groups excluding carboxylic acids is 3. The van der Waals surface area contributed by atoms with Gasteiger partial charge in [0.15, 0.2) is 10.9 Å². The number of ether oxygens (including phenoxy) is 4. The Morgan fingerprint density at radius 2 is 1.59 bits per heavy atom. The highest BCUT2D eigenvalue weighted by molar-refractivity contribution is 7.23. The molecule has 3 aromatic carbocycles. The van der Waals surface area contributed by atoms with Gasteiger partial charge in [-0.3, -0.25) is 14.4 Å². The van der Waals surface area contributed by atoms with E-state index in [2.05, 4.69) is 27.2 Å². The zero-order valence-corrected chi connectivity index (χ0v) is 38.4. The van der Waals surface area contributed by atoms with E-state index in [-0.39, 0.29) is 50.2 Å². The lowest BCUT2D eigenvalue weighted by Crippen LogP contribution is -2.46. The minimum absolute atomic E-state index is 0.0147. The van der Waals surface area contributed by atoms with Gasteiger partial charge in [0, 0.05) is 93.0 Å². The molecule has 64 heavy (non-hydrogen) atoms. The van der Waals surface area contributed by atoms with Crippen molar-refractivity contribution in [3.63, 3.8) is 0 Å². The molecule has 0 unspecified atom stereocenters. The van der Waals surface area contributed by atoms with Gasteiger partial charge in [0.2, 0.25) is 0 Å². The number of nitrogens with zero attached hydrogens (tertiary/aromatic N) is 3. The van der Waals surface area contributed by atoms with Crippen LogP contribution in [0, 0.1) is 30.6 Å². The van der Waals surface area contributed by atoms with Gasteiger partial charge in [-0.25, -0.2) is 4.98 Å². The van der Waals surface area contributed by atoms with Crippen molar-refractivity contribution in [2.45, 2.75) is 85.6 Å². The van der Waals surface area contributed by atoms with Crippen molar-refractivity contribution in [2.24, 2.45) is 23.7 Å². The number of phenols is 2. The highest BCUT2D eigenvalue weighted by Gasteiger charge is 2.50. The molecule has 15 nitrogen and oxygen atoms in total. The van der Waals surface area contributed by atoms with E-state index in [0.717, 1.165) is 5.69 Å². The van der Waals surface area contributed by atoms with Gasteiger partial charge in [-0.15, -0.1) is 0 Å². The molecule has 0 aliphatic carbocycles. The molecule has 4 aromatic rings. The van der Waals surface area contributed by atoms with Gasteiger partial charge in [-0.2, -0.15) is 0 Å². The molecule has 4 heterocycles. The smallest absolute Gasteiger partial charge is 0.312 e. The standard InChI is InChI=1S/C48H58N4O11S/c1-24-14-13-15-25(2)46(59)49-37-41(57)34-33(36-44(37)64-47(50-36)52-21-19-51(20-22-52)31-16-11-10-12-17-31)35-43(29(6)40(34)56)63-48(8,45(35)58)61-23-18-32(60-9)26(3)42(62-30(7)53)28(5)39(55)27(4)38(24)54/h10-18,23-24,26-28,32,38-39,42,54-57H,19-22H2,1-9H3,(H,49,59)/b14-13+,23-18+,25-15-/t24-,26-,27-,28-,32+,38+,39+,42+,48+/m1/s1. The van der Waals surface area contributed by atoms with Gasteiger partial charge in [-0.05, 0) is 32.1 Å². The molecule has 5 N–H and O–H groups in total. The lowest BCUT2D eigenvalue weighted by atomic mass is 9.78. The number of allylic oxidation sites excluding steroid dienone is 2. The molecule has 1 amide bonds. The summed E-state index contributed by atoms with van der Waals surface area (Å²) >= 11 is 1.25. The maximum Gasteiger partial charge on any atom is 0.312 e. The minimum Gasteiger partial charge on any atom is -0.507 e. The second-order valence-electron chi connectivity index (χ2n) is 17.3. The Labute approximate surface area is 376 Å². The van der Waals surface area contributed by atoms with Crippen LogP contribution in [-0.4, -0.2) is 107 Å². The topological polar surface area (TPSA) is 200 Å². The van der Waals surface area contributed by atoms with E-state index in [9.17, 15) is 34.8 Å². The highest BCUT2D eigenvalue weighted by Crippen LogP contribution is 2.55. The number of ketones is 1. The number of piperazine rings is 1. The summed E-state index contributed by atoms with van der Waals surface area (Å²) in [5.74, 6) is -6.86. The largest absolute Gasteiger partial charge is 0.507 e. The molecule has 342 valence electrons. The number of esters is 1. The fourth-order valence-electron chi connectivity index (χ4n) is 9.04. The van der Waals surface area contributed by atoms with Crippen molar-refractivity contribution in [3.8, 4) is 17.2 Å². The Kier molecular flexibility index (Phi) is 13.3. The van der Waals surface area contributed by atoms with Crippen molar-refractivity contribution in [3.05, 3.63) is 77.6 Å². The summed E-state index contributed by atoms with van der Waals surface area (Å²) in [6, 6.07) is 10.1. The zero-order chi connectivity index (χ0) is 46.4. The third kappa shape index (κ3) is 8.51. The first kappa shape index (κ1) is 46.3. The quantitative estimate of drug-likeness (QED) is 0.104. The number of para-hydroxylation sites is 1. The van der Waals surface area contributed by atoms with Crippen LogP contribution in [0.4, 0.5) is 16.5 Å². The van der Waals surface area contributed by atoms with Gasteiger partial charge >= 0.3 is 11.8 Å². The number of amides is 1. The molecule has 1 aromatic heterocycles. The molecular formula is C48H58N4O11S. The van der Waals surface area contributed by atoms with Gasteiger partial charge in [0.05, 0.1) is 45.7 Å². The first-order valence-corrected chi connectivity index (χ1v) is 22.4. The summed E-state index contributed by atoms with van der Waals surface area (Å²) in [4.78, 5) is 50.6. The number of aliphatic hydroxyl groups is 2. The Hall–Kier alpha value is -5.68. The fourth-order valence-corrected chi connectivity index (χ4v) is 10.2. The predicted octanol–water partition coefficient (Wildman–Crippen LogP) is 6.98. The number of thiazole rings is 1. The summed E-state index contributed by atoms with van der Waals surface area (Å²) in [5, 5.41) is 50.6. The van der Waals surface area contributed by atoms with Crippen LogP contribution in [-0.2, 0) is 23.8 Å². The number of fused-ring (bicyclic) bond motifs is 1. The predicted molar refractivity (Wildman–Crippen MR) is 246 cm³/mol. The van der Waals surface area contributed by atoms with Crippen LogP contribution in [0.25, 0.3) is 21.0 Å². The molecule has 3 aliphatic rings. The minimum atomic E-state index is -1.96. The van der Waals surface area contributed by atoms with E-state index in [1.807, 2.05) is 18.2 Å². The molecule has 3 aliphatic heterocycles. The number of carbonyl (C=O) groups is 3. The van der Waals surface area contributed by atoms with E-state index in [0.29, 0.717) is 36.0 Å². The molecule has 0 spiro atoms. The van der Waals surface area contributed by atoms with E-state index in [1.165, 1.54) is 38.6 Å². The van der Waals surface area contributed by atoms with Crippen molar-refractivity contribution < 1.29 is 53.8 Å². The summed E-state index contributed by atoms with van der Waals surface area (Å²) in [5.41, 5.74) is 1.85. The van der Waals surface area contributed by atoms with Gasteiger partial charge in [-0.1, -0.05) is 75.5 Å².